The summed E-state index contributed by atoms with van der Waals surface area (Å²) >= 11 is 1.40. The molecule has 0 aliphatic rings. The van der Waals surface area contributed by atoms with Crippen LogP contribution in [0.25, 0.3) is 21.7 Å². The molecule has 0 amide bonds. The van der Waals surface area contributed by atoms with Crippen LogP contribution in [0.15, 0.2) is 44.9 Å². The van der Waals surface area contributed by atoms with Crippen LogP contribution in [0.3, 0.4) is 0 Å². The van der Waals surface area contributed by atoms with Gasteiger partial charge in [-0.1, -0.05) is 6.07 Å². The van der Waals surface area contributed by atoms with E-state index >= 15 is 0 Å². The predicted molar refractivity (Wildman–Crippen MR) is 70.2 cm³/mol. The molecule has 2 heterocycles. The molecule has 3 rings (SSSR count). The molecular formula is C12H6N2O4S. The lowest BCUT2D eigenvalue weighted by atomic mass is 10.2. The first-order chi connectivity index (χ1) is 9.15. The van der Waals surface area contributed by atoms with Crippen LogP contribution >= 0.6 is 11.3 Å². The number of non-ortho nitro benzene ring substituents is 1. The van der Waals surface area contributed by atoms with E-state index in [1.807, 2.05) is 11.4 Å². The van der Waals surface area contributed by atoms with Crippen LogP contribution in [0, 0.1) is 10.1 Å². The number of benzene rings is 1. The van der Waals surface area contributed by atoms with Crippen LogP contribution in [0.2, 0.25) is 0 Å². The van der Waals surface area contributed by atoms with Crippen molar-refractivity contribution in [3.05, 3.63) is 56.2 Å². The minimum atomic E-state index is -0.628. The van der Waals surface area contributed by atoms with Gasteiger partial charge in [0.05, 0.1) is 20.7 Å². The normalized spacial score (nSPS) is 10.7. The Bertz CT molecular complexity index is 823. The second-order valence-corrected chi connectivity index (χ2v) is 4.69. The van der Waals surface area contributed by atoms with Crippen molar-refractivity contribution >= 4 is 27.9 Å². The largest absolute Gasteiger partial charge is 0.402 e. The van der Waals surface area contributed by atoms with Gasteiger partial charge in [-0.15, -0.1) is 11.3 Å². The van der Waals surface area contributed by atoms with Gasteiger partial charge in [-0.3, -0.25) is 10.1 Å². The molecule has 0 bridgehead atoms. The lowest BCUT2D eigenvalue weighted by Gasteiger charge is -1.99. The Labute approximate surface area is 110 Å². The van der Waals surface area contributed by atoms with Crippen LogP contribution in [-0.4, -0.2) is 9.91 Å². The van der Waals surface area contributed by atoms with E-state index in [1.165, 1.54) is 29.5 Å². The van der Waals surface area contributed by atoms with Gasteiger partial charge in [0.15, 0.2) is 0 Å². The van der Waals surface area contributed by atoms with Gasteiger partial charge < -0.3 is 4.42 Å². The Kier molecular flexibility index (Phi) is 2.60. The van der Waals surface area contributed by atoms with Crippen molar-refractivity contribution < 1.29 is 9.34 Å². The summed E-state index contributed by atoms with van der Waals surface area (Å²) in [5.41, 5.74) is -0.409. The van der Waals surface area contributed by atoms with Crippen LogP contribution in [0.4, 0.5) is 5.69 Å². The maximum Gasteiger partial charge on any atom is 0.347 e. The van der Waals surface area contributed by atoms with E-state index in [0.29, 0.717) is 5.52 Å². The second kappa shape index (κ2) is 4.29. The van der Waals surface area contributed by atoms with Gasteiger partial charge in [0, 0.05) is 12.1 Å². The van der Waals surface area contributed by atoms with E-state index in [1.54, 1.807) is 6.07 Å². The van der Waals surface area contributed by atoms with Gasteiger partial charge in [-0.2, -0.15) is 0 Å². The van der Waals surface area contributed by atoms with E-state index < -0.39 is 10.5 Å². The van der Waals surface area contributed by atoms with Crippen molar-refractivity contribution in [1.29, 1.82) is 0 Å². The van der Waals surface area contributed by atoms with Crippen molar-refractivity contribution in [3.63, 3.8) is 0 Å². The molecule has 2 aromatic heterocycles. The van der Waals surface area contributed by atoms with Crippen molar-refractivity contribution in [1.82, 2.24) is 4.98 Å². The predicted octanol–water partition coefficient (Wildman–Crippen LogP) is 2.82. The average Bonchev–Trinajstić information content (AvgIpc) is 2.92. The first-order valence-corrected chi connectivity index (χ1v) is 6.16. The van der Waals surface area contributed by atoms with Crippen molar-refractivity contribution in [3.8, 4) is 10.8 Å². The van der Waals surface area contributed by atoms with Crippen molar-refractivity contribution in [2.75, 3.05) is 0 Å². The van der Waals surface area contributed by atoms with Gasteiger partial charge >= 0.3 is 5.63 Å². The summed E-state index contributed by atoms with van der Waals surface area (Å²) in [5.74, 6) is 0.223. The summed E-state index contributed by atoms with van der Waals surface area (Å²) in [6.45, 7) is 0. The first-order valence-electron chi connectivity index (χ1n) is 5.28. The Hall–Kier alpha value is -2.54. The minimum Gasteiger partial charge on any atom is -0.402 e. The number of fused-ring (bicyclic) bond motifs is 1. The summed E-state index contributed by atoms with van der Waals surface area (Å²) in [7, 11) is 0. The molecule has 0 saturated heterocycles. The van der Waals surface area contributed by atoms with Gasteiger partial charge in [-0.05, 0) is 17.5 Å². The molecule has 0 aliphatic carbocycles. The third kappa shape index (κ3) is 2.00. The number of nitrogens with zero attached hydrogens (tertiary/aromatic N) is 2. The van der Waals surface area contributed by atoms with Crippen LogP contribution < -0.4 is 5.63 Å². The highest BCUT2D eigenvalue weighted by Crippen LogP contribution is 2.24. The summed E-state index contributed by atoms with van der Waals surface area (Å²) in [6, 6.07) is 7.54. The molecular weight excluding hydrogens is 268 g/mol. The Morgan fingerprint density at radius 2 is 2.16 bits per heavy atom. The zero-order chi connectivity index (χ0) is 13.4. The fourth-order valence-electron chi connectivity index (χ4n) is 1.68. The molecule has 0 atom stereocenters. The van der Waals surface area contributed by atoms with Crippen molar-refractivity contribution in [2.45, 2.75) is 0 Å². The highest BCUT2D eigenvalue weighted by molar-refractivity contribution is 7.13. The topological polar surface area (TPSA) is 86.2 Å². The molecule has 0 saturated carbocycles. The Morgan fingerprint density at radius 1 is 1.32 bits per heavy atom. The smallest absolute Gasteiger partial charge is 0.347 e. The fraction of sp³-hybridized carbons (Fsp3) is 0. The molecule has 0 N–H and O–H groups in total. The number of rotatable bonds is 2. The highest BCUT2D eigenvalue weighted by Gasteiger charge is 2.13. The Morgan fingerprint density at radius 3 is 2.84 bits per heavy atom. The fourth-order valence-corrected chi connectivity index (χ4v) is 2.33. The van der Waals surface area contributed by atoms with E-state index in [9.17, 15) is 14.9 Å². The number of thiophene rings is 1. The van der Waals surface area contributed by atoms with E-state index in [-0.39, 0.29) is 17.0 Å². The number of hydrogen-bond donors (Lipinski definition) is 0. The van der Waals surface area contributed by atoms with Gasteiger partial charge in [-0.25, -0.2) is 9.78 Å². The molecule has 0 radical (unpaired) electrons. The molecule has 0 fully saturated rings. The highest BCUT2D eigenvalue weighted by atomic mass is 32.1. The summed E-state index contributed by atoms with van der Waals surface area (Å²) in [5, 5.41) is 12.6. The lowest BCUT2D eigenvalue weighted by molar-refractivity contribution is -0.384. The molecule has 7 heteroatoms. The average molecular weight is 274 g/mol. The van der Waals surface area contributed by atoms with Gasteiger partial charge in [0.1, 0.15) is 0 Å². The molecule has 0 unspecified atom stereocenters. The number of hydrogen-bond acceptors (Lipinski definition) is 6. The second-order valence-electron chi connectivity index (χ2n) is 3.74. The SMILES string of the molecule is O=c1oc(-c2cccs2)nc2ccc([N+](=O)[O-])cc12. The molecule has 1 aromatic carbocycles. The molecule has 94 valence electrons. The molecule has 0 aliphatic heterocycles. The lowest BCUT2D eigenvalue weighted by Crippen LogP contribution is -2.03. The standard InChI is InChI=1S/C12H6N2O4S/c15-12-8-6-7(14(16)17)3-4-9(8)13-11(18-12)10-2-1-5-19-10/h1-6H. The molecule has 3 aromatic rings. The number of aromatic nitrogens is 1. The quantitative estimate of drug-likeness (QED) is 0.529. The monoisotopic (exact) mass is 274 g/mol. The maximum absolute atomic E-state index is 11.8. The molecule has 19 heavy (non-hydrogen) atoms. The van der Waals surface area contributed by atoms with E-state index in [2.05, 4.69) is 4.98 Å². The van der Waals surface area contributed by atoms with E-state index in [4.69, 9.17) is 4.42 Å². The number of nitro groups is 1. The molecule has 6 nitrogen and oxygen atoms in total. The summed E-state index contributed by atoms with van der Waals surface area (Å²) < 4.78 is 5.09. The van der Waals surface area contributed by atoms with Crippen LogP contribution in [-0.2, 0) is 0 Å². The number of nitro benzene ring substituents is 1. The third-order valence-corrected chi connectivity index (χ3v) is 3.41. The zero-order valence-electron chi connectivity index (χ0n) is 9.40. The van der Waals surface area contributed by atoms with Gasteiger partial charge in [0.2, 0.25) is 5.89 Å². The zero-order valence-corrected chi connectivity index (χ0v) is 10.2. The minimum absolute atomic E-state index is 0.106. The molecule has 0 spiro atoms. The maximum atomic E-state index is 11.8. The summed E-state index contributed by atoms with van der Waals surface area (Å²) in [6.07, 6.45) is 0. The van der Waals surface area contributed by atoms with Gasteiger partial charge in [0.25, 0.3) is 5.69 Å². The van der Waals surface area contributed by atoms with Crippen LogP contribution in [0.5, 0.6) is 0 Å². The first kappa shape index (κ1) is 11.5. The summed E-state index contributed by atoms with van der Waals surface area (Å²) in [4.78, 5) is 26.9. The third-order valence-electron chi connectivity index (χ3n) is 2.55. The van der Waals surface area contributed by atoms with Crippen LogP contribution in [0.1, 0.15) is 0 Å². The Balaban J connectivity index is 2.26. The van der Waals surface area contributed by atoms with Crippen molar-refractivity contribution in [2.24, 2.45) is 0 Å². The van der Waals surface area contributed by atoms with E-state index in [0.717, 1.165) is 4.88 Å².